The van der Waals surface area contributed by atoms with E-state index in [1.54, 1.807) is 13.2 Å². The molecule has 1 N–H and O–H groups in total. The first-order valence-electron chi connectivity index (χ1n) is 8.38. The number of hydrogen-bond donors (Lipinski definition) is 1. The van der Waals surface area contributed by atoms with Crippen LogP contribution in [0.1, 0.15) is 25.3 Å². The molecule has 0 unspecified atom stereocenters. The van der Waals surface area contributed by atoms with Crippen molar-refractivity contribution >= 4 is 51.0 Å². The molecular weight excluding hydrogens is 450 g/mol. The van der Waals surface area contributed by atoms with Gasteiger partial charge in [-0.1, -0.05) is 13.3 Å². The van der Waals surface area contributed by atoms with Gasteiger partial charge in [-0.2, -0.15) is 5.10 Å². The van der Waals surface area contributed by atoms with Crippen LogP contribution < -0.4 is 14.8 Å². The summed E-state index contributed by atoms with van der Waals surface area (Å²) in [7, 11) is 2.80. The summed E-state index contributed by atoms with van der Waals surface area (Å²) >= 11 is 4.48. The molecule has 1 aliphatic heterocycles. The number of hydrogen-bond acceptors (Lipinski definition) is 8. The summed E-state index contributed by atoms with van der Waals surface area (Å²) in [6.45, 7) is 2.70. The molecule has 1 fully saturated rings. The van der Waals surface area contributed by atoms with Crippen LogP contribution in [-0.2, 0) is 14.3 Å². The summed E-state index contributed by atoms with van der Waals surface area (Å²) in [5.41, 5.74) is 0.732. The van der Waals surface area contributed by atoms with Gasteiger partial charge in [0.25, 0.3) is 5.91 Å². The zero-order valence-electron chi connectivity index (χ0n) is 15.7. The predicted molar refractivity (Wildman–Crippen MR) is 112 cm³/mol. The number of methoxy groups -OCH3 is 2. The molecule has 0 bridgehead atoms. The minimum absolute atomic E-state index is 0.193. The number of carbonyl (C=O) groups excluding carboxylic acids is 2. The normalized spacial score (nSPS) is 16.6. The lowest BCUT2D eigenvalue weighted by Crippen LogP contribution is -2.19. The fourth-order valence-electron chi connectivity index (χ4n) is 2.06. The summed E-state index contributed by atoms with van der Waals surface area (Å²) in [4.78, 5) is 23.2. The van der Waals surface area contributed by atoms with Crippen molar-refractivity contribution in [2.45, 2.75) is 19.8 Å². The molecule has 0 radical (unpaired) electrons. The summed E-state index contributed by atoms with van der Waals surface area (Å²) in [6, 6.07) is 3.61. The van der Waals surface area contributed by atoms with Gasteiger partial charge in [0, 0.05) is 6.08 Å². The van der Waals surface area contributed by atoms with Crippen molar-refractivity contribution in [3.05, 3.63) is 33.2 Å². The molecule has 2 rings (SSSR count). The molecule has 0 aliphatic carbocycles. The molecule has 0 spiro atoms. The van der Waals surface area contributed by atoms with E-state index in [1.807, 2.05) is 6.07 Å². The summed E-state index contributed by atoms with van der Waals surface area (Å²) in [5, 5.41) is 10.7. The first-order chi connectivity index (χ1) is 13.5. The van der Waals surface area contributed by atoms with Crippen molar-refractivity contribution in [3.63, 3.8) is 0 Å². The third kappa shape index (κ3) is 6.10. The number of nitrogens with one attached hydrogen (secondary N) is 1. The third-order valence-electron chi connectivity index (χ3n) is 3.45. The monoisotopic (exact) mass is 469 g/mol. The van der Waals surface area contributed by atoms with Gasteiger partial charge >= 0.3 is 5.97 Å². The second-order valence-electron chi connectivity index (χ2n) is 5.47. The number of rotatable bonds is 8. The van der Waals surface area contributed by atoms with Gasteiger partial charge in [-0.25, -0.2) is 4.79 Å². The maximum atomic E-state index is 11.8. The highest BCUT2D eigenvalue weighted by molar-refractivity contribution is 9.10. The Morgan fingerprint density at radius 2 is 2.14 bits per heavy atom. The molecule has 8 nitrogen and oxygen atoms in total. The van der Waals surface area contributed by atoms with Crippen LogP contribution in [0.15, 0.2) is 37.8 Å². The number of halogens is 1. The second kappa shape index (κ2) is 10.9. The molecule has 150 valence electrons. The van der Waals surface area contributed by atoms with Crippen LogP contribution in [0.3, 0.4) is 0 Å². The molecule has 0 atom stereocenters. The van der Waals surface area contributed by atoms with E-state index < -0.39 is 11.9 Å². The SMILES string of the molecule is CCCCOc1c(Br)cc(C=N/N=C2/NC(=O)/C(=C\C(=O)OC)S2)cc1OC. The number of benzene rings is 1. The zero-order valence-corrected chi connectivity index (χ0v) is 18.1. The average molecular weight is 470 g/mol. The number of nitrogens with zero attached hydrogens (tertiary/aromatic N) is 2. The molecule has 1 saturated heterocycles. The molecular formula is C18H20BrN3O5S. The van der Waals surface area contributed by atoms with E-state index in [0.717, 1.165) is 40.7 Å². The second-order valence-corrected chi connectivity index (χ2v) is 7.36. The van der Waals surface area contributed by atoms with Crippen molar-refractivity contribution in [1.29, 1.82) is 0 Å². The van der Waals surface area contributed by atoms with Crippen molar-refractivity contribution in [3.8, 4) is 11.5 Å². The molecule has 1 heterocycles. The van der Waals surface area contributed by atoms with Gasteiger partial charge in [0.1, 0.15) is 0 Å². The fourth-order valence-corrected chi connectivity index (χ4v) is 3.38. The Hall–Kier alpha value is -2.33. The minimum atomic E-state index is -0.611. The predicted octanol–water partition coefficient (Wildman–Crippen LogP) is 3.25. The standard InChI is InChI=1S/C18H20BrN3O5S/c1-4-5-6-27-16-12(19)7-11(8-13(16)25-2)10-20-22-18-21-17(24)14(28-18)9-15(23)26-3/h7-10H,4-6H2,1-3H3,(H,21,22,24)/b14-9+,20-10?. The van der Waals surface area contributed by atoms with E-state index in [9.17, 15) is 9.59 Å². The Labute approximate surface area is 175 Å². The van der Waals surface area contributed by atoms with E-state index in [2.05, 4.69) is 43.1 Å². The van der Waals surface area contributed by atoms with Crippen LogP contribution in [0.5, 0.6) is 11.5 Å². The quantitative estimate of drug-likeness (QED) is 0.206. The molecule has 1 amide bonds. The Balaban J connectivity index is 2.11. The van der Waals surface area contributed by atoms with Crippen LogP contribution in [0.2, 0.25) is 0 Å². The van der Waals surface area contributed by atoms with Crippen LogP contribution in [0, 0.1) is 0 Å². The molecule has 0 aromatic heterocycles. The van der Waals surface area contributed by atoms with Gasteiger partial charge in [-0.3, -0.25) is 10.1 Å². The molecule has 10 heteroatoms. The van der Waals surface area contributed by atoms with Gasteiger partial charge < -0.3 is 14.2 Å². The number of carbonyl (C=O) groups is 2. The van der Waals surface area contributed by atoms with E-state index in [4.69, 9.17) is 9.47 Å². The zero-order chi connectivity index (χ0) is 20.5. The number of unbranched alkanes of at least 4 members (excludes halogenated alkanes) is 1. The van der Waals surface area contributed by atoms with Gasteiger partial charge in [-0.15, -0.1) is 5.10 Å². The van der Waals surface area contributed by atoms with Crippen molar-refractivity contribution in [2.75, 3.05) is 20.8 Å². The lowest BCUT2D eigenvalue weighted by molar-refractivity contribution is -0.135. The number of amides is 1. The topological polar surface area (TPSA) is 98.6 Å². The Morgan fingerprint density at radius 3 is 2.82 bits per heavy atom. The summed E-state index contributed by atoms with van der Waals surface area (Å²) in [5.74, 6) is 0.171. The Morgan fingerprint density at radius 1 is 1.36 bits per heavy atom. The highest BCUT2D eigenvalue weighted by Gasteiger charge is 2.25. The van der Waals surface area contributed by atoms with Gasteiger partial charge in [-0.05, 0) is 51.8 Å². The Kier molecular flexibility index (Phi) is 8.52. The van der Waals surface area contributed by atoms with E-state index in [-0.39, 0.29) is 10.1 Å². The van der Waals surface area contributed by atoms with Crippen molar-refractivity contribution in [2.24, 2.45) is 10.2 Å². The van der Waals surface area contributed by atoms with Crippen LogP contribution in [-0.4, -0.2) is 44.1 Å². The maximum absolute atomic E-state index is 11.8. The maximum Gasteiger partial charge on any atom is 0.331 e. The summed E-state index contributed by atoms with van der Waals surface area (Å²) in [6.07, 6.45) is 4.61. The lowest BCUT2D eigenvalue weighted by atomic mass is 10.2. The molecule has 1 aliphatic rings. The van der Waals surface area contributed by atoms with E-state index >= 15 is 0 Å². The van der Waals surface area contributed by atoms with Crippen molar-refractivity contribution in [1.82, 2.24) is 5.32 Å². The van der Waals surface area contributed by atoms with Crippen LogP contribution in [0.25, 0.3) is 0 Å². The molecule has 1 aromatic carbocycles. The van der Waals surface area contributed by atoms with E-state index in [1.165, 1.54) is 13.3 Å². The van der Waals surface area contributed by atoms with Crippen LogP contribution >= 0.6 is 27.7 Å². The van der Waals surface area contributed by atoms with Gasteiger partial charge in [0.15, 0.2) is 16.7 Å². The van der Waals surface area contributed by atoms with Gasteiger partial charge in [0.2, 0.25) is 0 Å². The first kappa shape index (κ1) is 22.0. The largest absolute Gasteiger partial charge is 0.493 e. The lowest BCUT2D eigenvalue weighted by Gasteiger charge is -2.13. The van der Waals surface area contributed by atoms with Crippen LogP contribution in [0.4, 0.5) is 0 Å². The number of thioether (sulfide) groups is 1. The summed E-state index contributed by atoms with van der Waals surface area (Å²) < 4.78 is 16.4. The first-order valence-corrected chi connectivity index (χ1v) is 9.99. The van der Waals surface area contributed by atoms with Crippen molar-refractivity contribution < 1.29 is 23.8 Å². The molecule has 28 heavy (non-hydrogen) atoms. The average Bonchev–Trinajstić information content (AvgIpc) is 3.02. The fraction of sp³-hybridized carbons (Fsp3) is 0.333. The number of ether oxygens (including phenoxy) is 3. The van der Waals surface area contributed by atoms with Gasteiger partial charge in [0.05, 0.1) is 36.4 Å². The molecule has 0 saturated carbocycles. The Bertz CT molecular complexity index is 839. The third-order valence-corrected chi connectivity index (χ3v) is 4.94. The molecule has 1 aromatic rings. The highest BCUT2D eigenvalue weighted by Crippen LogP contribution is 2.36. The van der Waals surface area contributed by atoms with E-state index in [0.29, 0.717) is 18.1 Å². The smallest absolute Gasteiger partial charge is 0.331 e. The number of amidine groups is 1. The highest BCUT2D eigenvalue weighted by atomic mass is 79.9. The number of esters is 1. The minimum Gasteiger partial charge on any atom is -0.493 e.